The van der Waals surface area contributed by atoms with Crippen LogP contribution < -0.4 is 10.2 Å². The smallest absolute Gasteiger partial charge is 0.277 e. The van der Waals surface area contributed by atoms with Crippen LogP contribution in [0.4, 0.5) is 0 Å². The maximum atomic E-state index is 12.1. The fraction of sp³-hybridized carbons (Fsp3) is 0.391. The number of hydrogen-bond donors (Lipinski definition) is 2. The largest absolute Gasteiger partial charge is 0.506 e. The lowest BCUT2D eigenvalue weighted by atomic mass is 9.72. The maximum absolute atomic E-state index is 12.1. The van der Waals surface area contributed by atoms with Gasteiger partial charge in [0.05, 0.1) is 15.2 Å². The van der Waals surface area contributed by atoms with Crippen molar-refractivity contribution in [3.05, 3.63) is 54.9 Å². The number of amides is 1. The predicted octanol–water partition coefficient (Wildman–Crippen LogP) is 6.92. The average Bonchev–Trinajstić information content (AvgIpc) is 2.66. The van der Waals surface area contributed by atoms with Crippen molar-refractivity contribution in [1.82, 2.24) is 5.43 Å². The van der Waals surface area contributed by atoms with Crippen LogP contribution in [0.15, 0.2) is 48.9 Å². The van der Waals surface area contributed by atoms with Crippen LogP contribution >= 0.6 is 47.8 Å². The molecule has 2 aromatic carbocycles. The molecule has 0 aliphatic heterocycles. The Morgan fingerprint density at radius 3 is 2.29 bits per heavy atom. The van der Waals surface area contributed by atoms with E-state index in [4.69, 9.17) is 4.74 Å². The molecule has 0 unspecified atom stereocenters. The summed E-state index contributed by atoms with van der Waals surface area (Å²) in [5.74, 6) is 0.285. The second kappa shape index (κ2) is 10.5. The minimum absolute atomic E-state index is 0.0485. The van der Waals surface area contributed by atoms with Gasteiger partial charge >= 0.3 is 0 Å². The van der Waals surface area contributed by atoms with Gasteiger partial charge in [0, 0.05) is 10.0 Å². The lowest BCUT2D eigenvalue weighted by Gasteiger charge is -2.33. The quantitative estimate of drug-likeness (QED) is 0.261. The Balaban J connectivity index is 1.92. The maximum Gasteiger partial charge on any atom is 0.277 e. The molecule has 0 bridgehead atoms. The number of nitrogens with one attached hydrogen (secondary N) is 1. The van der Waals surface area contributed by atoms with Gasteiger partial charge in [-0.15, -0.1) is 0 Å². The Bertz CT molecular complexity index is 966. The molecule has 0 aliphatic rings. The summed E-state index contributed by atoms with van der Waals surface area (Å²) in [6.07, 6.45) is 2.49. The minimum atomic E-state index is -0.387. The second-order valence-electron chi connectivity index (χ2n) is 9.14. The summed E-state index contributed by atoms with van der Waals surface area (Å²) in [5.41, 5.74) is 4.53. The molecule has 2 aromatic rings. The number of phenolic OH excluding ortho intramolecular Hbond substituents is 1. The number of hydrazone groups is 1. The molecule has 168 valence electrons. The van der Waals surface area contributed by atoms with Crippen molar-refractivity contribution >= 4 is 59.9 Å². The van der Waals surface area contributed by atoms with Crippen LogP contribution in [0, 0.1) is 5.41 Å². The Labute approximate surface area is 209 Å². The molecule has 0 saturated heterocycles. The van der Waals surface area contributed by atoms with Crippen LogP contribution in [0.1, 0.15) is 52.2 Å². The molecule has 0 spiro atoms. The standard InChI is InChI=1S/C23H27Br3N2O3/c1-22(2,3)13-23(4,5)14-6-8-15(9-7-14)31-12-19(29)28-27-11-16-17(24)10-18(25)21(30)20(16)26/h6-11,30H,12-13H2,1-5H3,(H,28,29). The number of halogens is 3. The highest BCUT2D eigenvalue weighted by atomic mass is 79.9. The summed E-state index contributed by atoms with van der Waals surface area (Å²) >= 11 is 9.96. The topological polar surface area (TPSA) is 70.9 Å². The van der Waals surface area contributed by atoms with Gasteiger partial charge in [-0.1, -0.05) is 62.7 Å². The minimum Gasteiger partial charge on any atom is -0.506 e. The molecular formula is C23H27Br3N2O3. The van der Waals surface area contributed by atoms with Gasteiger partial charge in [-0.3, -0.25) is 4.79 Å². The van der Waals surface area contributed by atoms with Crippen LogP contribution in [0.5, 0.6) is 11.5 Å². The van der Waals surface area contributed by atoms with Crippen molar-refractivity contribution in [2.24, 2.45) is 10.5 Å². The van der Waals surface area contributed by atoms with Crippen molar-refractivity contribution in [1.29, 1.82) is 0 Å². The van der Waals surface area contributed by atoms with E-state index >= 15 is 0 Å². The van der Waals surface area contributed by atoms with Crippen molar-refractivity contribution in [2.45, 2.75) is 46.5 Å². The summed E-state index contributed by atoms with van der Waals surface area (Å²) in [6.45, 7) is 11.0. The molecule has 0 radical (unpaired) electrons. The van der Waals surface area contributed by atoms with E-state index < -0.39 is 0 Å². The Morgan fingerprint density at radius 2 is 1.71 bits per heavy atom. The van der Waals surface area contributed by atoms with Crippen LogP contribution in [0.25, 0.3) is 0 Å². The highest BCUT2D eigenvalue weighted by Gasteiger charge is 2.27. The predicted molar refractivity (Wildman–Crippen MR) is 136 cm³/mol. The van der Waals surface area contributed by atoms with E-state index in [-0.39, 0.29) is 29.1 Å². The van der Waals surface area contributed by atoms with E-state index in [1.807, 2.05) is 24.3 Å². The molecule has 1 amide bonds. The lowest BCUT2D eigenvalue weighted by Crippen LogP contribution is -2.25. The fourth-order valence-corrected chi connectivity index (χ4v) is 5.82. The van der Waals surface area contributed by atoms with Gasteiger partial charge in [0.15, 0.2) is 6.61 Å². The molecule has 0 saturated carbocycles. The zero-order valence-corrected chi connectivity index (χ0v) is 23.0. The Kier molecular flexibility index (Phi) is 8.76. The van der Waals surface area contributed by atoms with Crippen molar-refractivity contribution in [3.8, 4) is 11.5 Å². The van der Waals surface area contributed by atoms with Crippen molar-refractivity contribution in [3.63, 3.8) is 0 Å². The summed E-state index contributed by atoms with van der Waals surface area (Å²) in [7, 11) is 0. The van der Waals surface area contributed by atoms with Gasteiger partial charge in [0.25, 0.3) is 5.91 Å². The third-order valence-corrected chi connectivity index (χ3v) is 6.61. The number of nitrogens with zero attached hydrogens (tertiary/aromatic N) is 1. The first-order valence-corrected chi connectivity index (χ1v) is 12.1. The molecule has 2 N–H and O–H groups in total. The van der Waals surface area contributed by atoms with Gasteiger partial charge in [-0.25, -0.2) is 5.43 Å². The van der Waals surface area contributed by atoms with Crippen LogP contribution in [0.3, 0.4) is 0 Å². The molecule has 8 heteroatoms. The molecule has 31 heavy (non-hydrogen) atoms. The van der Waals surface area contributed by atoms with Gasteiger partial charge in [-0.2, -0.15) is 5.10 Å². The van der Waals surface area contributed by atoms with E-state index in [9.17, 15) is 9.90 Å². The summed E-state index contributed by atoms with van der Waals surface area (Å²) in [6, 6.07) is 9.56. The summed E-state index contributed by atoms with van der Waals surface area (Å²) in [5, 5.41) is 13.9. The van der Waals surface area contributed by atoms with Crippen LogP contribution in [-0.2, 0) is 10.2 Å². The third-order valence-electron chi connectivity index (χ3n) is 4.54. The summed E-state index contributed by atoms with van der Waals surface area (Å²) in [4.78, 5) is 12.1. The van der Waals surface area contributed by atoms with E-state index in [1.165, 1.54) is 11.8 Å². The van der Waals surface area contributed by atoms with Gasteiger partial charge in [0.1, 0.15) is 11.5 Å². The van der Waals surface area contributed by atoms with Gasteiger partial charge in [-0.05, 0) is 72.9 Å². The number of phenols is 1. The Hall–Kier alpha value is -1.38. The number of carbonyl (C=O) groups is 1. The van der Waals surface area contributed by atoms with Crippen molar-refractivity contribution < 1.29 is 14.6 Å². The third kappa shape index (κ3) is 7.61. The second-order valence-corrected chi connectivity index (χ2v) is 11.6. The molecular weight excluding hydrogens is 592 g/mol. The zero-order valence-electron chi connectivity index (χ0n) is 18.2. The first-order valence-electron chi connectivity index (χ1n) is 9.72. The number of aromatic hydroxyl groups is 1. The van der Waals surface area contributed by atoms with E-state index in [2.05, 4.69) is 92.9 Å². The number of ether oxygens (including phenoxy) is 1. The number of hydrogen-bond acceptors (Lipinski definition) is 4. The number of benzene rings is 2. The van der Waals surface area contributed by atoms with Gasteiger partial charge < -0.3 is 9.84 Å². The molecule has 0 aromatic heterocycles. The molecule has 2 rings (SSSR count). The van der Waals surface area contributed by atoms with E-state index in [0.717, 1.165) is 6.42 Å². The van der Waals surface area contributed by atoms with Crippen LogP contribution in [-0.4, -0.2) is 23.8 Å². The van der Waals surface area contributed by atoms with E-state index in [1.54, 1.807) is 6.07 Å². The molecule has 0 atom stereocenters. The lowest BCUT2D eigenvalue weighted by molar-refractivity contribution is -0.123. The molecule has 0 aliphatic carbocycles. The monoisotopic (exact) mass is 616 g/mol. The van der Waals surface area contributed by atoms with Crippen LogP contribution in [0.2, 0.25) is 0 Å². The van der Waals surface area contributed by atoms with E-state index in [0.29, 0.717) is 24.7 Å². The highest BCUT2D eigenvalue weighted by Crippen LogP contribution is 2.38. The number of carbonyl (C=O) groups excluding carboxylic acids is 1. The van der Waals surface area contributed by atoms with Gasteiger partial charge in [0.2, 0.25) is 0 Å². The average molecular weight is 619 g/mol. The SMILES string of the molecule is CC(C)(C)CC(C)(C)c1ccc(OCC(=O)NN=Cc2c(Br)cc(Br)c(O)c2Br)cc1. The summed E-state index contributed by atoms with van der Waals surface area (Å²) < 4.78 is 7.26. The number of rotatable bonds is 7. The molecule has 0 fully saturated rings. The zero-order chi connectivity index (χ0) is 23.4. The van der Waals surface area contributed by atoms with Crippen molar-refractivity contribution in [2.75, 3.05) is 6.61 Å². The Morgan fingerprint density at radius 1 is 1.10 bits per heavy atom. The molecule has 0 heterocycles. The fourth-order valence-electron chi connectivity index (χ4n) is 3.49. The molecule has 5 nitrogen and oxygen atoms in total. The highest BCUT2D eigenvalue weighted by molar-refractivity contribution is 9.11. The first kappa shape index (κ1) is 25.9. The normalized spacial score (nSPS) is 12.3. The first-order chi connectivity index (χ1) is 14.3.